The first kappa shape index (κ1) is 18.7. The average molecular weight is 359 g/mol. The molecule has 3 rings (SSSR count). The molecule has 6 nitrogen and oxygen atoms in total. The topological polar surface area (TPSA) is 53.1 Å². The van der Waals surface area contributed by atoms with E-state index in [0.717, 1.165) is 18.7 Å². The van der Waals surface area contributed by atoms with E-state index in [2.05, 4.69) is 11.0 Å². The lowest BCUT2D eigenvalue weighted by Crippen LogP contribution is -2.56. The van der Waals surface area contributed by atoms with Gasteiger partial charge in [0, 0.05) is 37.9 Å². The Morgan fingerprint density at radius 2 is 1.88 bits per heavy atom. The van der Waals surface area contributed by atoms with Gasteiger partial charge in [-0.05, 0) is 45.7 Å². The van der Waals surface area contributed by atoms with E-state index in [1.165, 1.54) is 5.56 Å². The van der Waals surface area contributed by atoms with Crippen molar-refractivity contribution in [2.75, 3.05) is 37.6 Å². The lowest BCUT2D eigenvalue weighted by Gasteiger charge is -2.40. The summed E-state index contributed by atoms with van der Waals surface area (Å²) in [6.07, 6.45) is 0.648. The lowest BCUT2D eigenvalue weighted by molar-refractivity contribution is -0.120. The molecular weight excluding hydrogens is 330 g/mol. The smallest absolute Gasteiger partial charge is 0.410 e. The van der Waals surface area contributed by atoms with Gasteiger partial charge in [-0.15, -0.1) is 0 Å². The Labute approximate surface area is 155 Å². The number of carbonyl (C=O) groups excluding carboxylic acids is 2. The summed E-state index contributed by atoms with van der Waals surface area (Å²) in [5.41, 5.74) is 1.79. The van der Waals surface area contributed by atoms with E-state index in [1.54, 1.807) is 4.90 Å². The van der Waals surface area contributed by atoms with Crippen molar-refractivity contribution in [1.82, 2.24) is 9.80 Å². The first-order valence-corrected chi connectivity index (χ1v) is 9.35. The molecule has 1 aromatic rings. The molecular formula is C20H29N3O3. The highest BCUT2D eigenvalue weighted by Crippen LogP contribution is 2.27. The summed E-state index contributed by atoms with van der Waals surface area (Å²) < 4.78 is 5.48. The third-order valence-corrected chi connectivity index (χ3v) is 4.89. The Morgan fingerprint density at radius 1 is 1.15 bits per heavy atom. The Morgan fingerprint density at radius 3 is 2.58 bits per heavy atom. The summed E-state index contributed by atoms with van der Waals surface area (Å²) in [4.78, 5) is 30.9. The molecule has 142 valence electrons. The van der Waals surface area contributed by atoms with Crippen LogP contribution >= 0.6 is 0 Å². The molecule has 26 heavy (non-hydrogen) atoms. The van der Waals surface area contributed by atoms with Gasteiger partial charge in [0.25, 0.3) is 0 Å². The molecule has 1 aromatic carbocycles. The number of piperazine rings is 1. The van der Waals surface area contributed by atoms with E-state index in [1.807, 2.05) is 50.8 Å². The molecule has 0 unspecified atom stereocenters. The molecule has 0 N–H and O–H groups in total. The van der Waals surface area contributed by atoms with Crippen LogP contribution in [0.5, 0.6) is 0 Å². The average Bonchev–Trinajstić information content (AvgIpc) is 2.97. The summed E-state index contributed by atoms with van der Waals surface area (Å²) in [5, 5.41) is 0. The van der Waals surface area contributed by atoms with Crippen LogP contribution in [0.4, 0.5) is 10.5 Å². The molecule has 0 aromatic heterocycles. The summed E-state index contributed by atoms with van der Waals surface area (Å²) in [6.45, 7) is 10.7. The number of para-hydroxylation sites is 1. The fourth-order valence-electron chi connectivity index (χ4n) is 3.64. The van der Waals surface area contributed by atoms with Gasteiger partial charge in [0.2, 0.25) is 5.91 Å². The van der Waals surface area contributed by atoms with Gasteiger partial charge >= 0.3 is 6.09 Å². The van der Waals surface area contributed by atoms with E-state index in [-0.39, 0.29) is 18.0 Å². The Bertz CT molecular complexity index is 683. The number of fused-ring (bicyclic) bond motifs is 1. The van der Waals surface area contributed by atoms with E-state index in [4.69, 9.17) is 4.74 Å². The van der Waals surface area contributed by atoms with Crippen LogP contribution in [0.1, 0.15) is 33.3 Å². The molecule has 2 aliphatic rings. The number of hydrogen-bond acceptors (Lipinski definition) is 4. The van der Waals surface area contributed by atoms with Crippen molar-refractivity contribution < 1.29 is 14.3 Å². The first-order chi connectivity index (χ1) is 12.2. The fraction of sp³-hybridized carbons (Fsp3) is 0.600. The number of hydrogen-bond donors (Lipinski definition) is 0. The highest BCUT2D eigenvalue weighted by Gasteiger charge is 2.32. The highest BCUT2D eigenvalue weighted by atomic mass is 16.6. The zero-order valence-corrected chi connectivity index (χ0v) is 16.2. The molecule has 6 heteroatoms. The largest absolute Gasteiger partial charge is 0.444 e. The molecule has 2 amide bonds. The Balaban J connectivity index is 1.55. The summed E-state index contributed by atoms with van der Waals surface area (Å²) in [5.74, 6) is 0.132. The number of anilines is 1. The zero-order chi connectivity index (χ0) is 18.9. The standard InChI is InChI=1S/C20H29N3O3/c1-15-13-21(11-12-22(15)19(25)26-20(2,3)4)14-18(24)23-10-9-16-7-5-6-8-17(16)23/h5-8,15H,9-14H2,1-4H3/t15-/m1/s1. The van der Waals surface area contributed by atoms with E-state index in [9.17, 15) is 9.59 Å². The Hall–Kier alpha value is -2.08. The third kappa shape index (κ3) is 4.18. The summed E-state index contributed by atoms with van der Waals surface area (Å²) >= 11 is 0. The molecule has 2 aliphatic heterocycles. The zero-order valence-electron chi connectivity index (χ0n) is 16.2. The summed E-state index contributed by atoms with van der Waals surface area (Å²) in [7, 11) is 0. The molecule has 1 fully saturated rings. The maximum absolute atomic E-state index is 12.8. The number of ether oxygens (including phenoxy) is 1. The minimum absolute atomic E-state index is 0.0252. The summed E-state index contributed by atoms with van der Waals surface area (Å²) in [6, 6.07) is 8.13. The number of rotatable bonds is 2. The van der Waals surface area contributed by atoms with Gasteiger partial charge in [-0.2, -0.15) is 0 Å². The first-order valence-electron chi connectivity index (χ1n) is 9.35. The molecule has 1 atom stereocenters. The molecule has 0 radical (unpaired) electrons. The van der Waals surface area contributed by atoms with Crippen LogP contribution < -0.4 is 4.90 Å². The predicted molar refractivity (Wildman–Crippen MR) is 101 cm³/mol. The van der Waals surface area contributed by atoms with Crippen LogP contribution in [0.25, 0.3) is 0 Å². The number of benzene rings is 1. The van der Waals surface area contributed by atoms with Crippen LogP contribution in [0, 0.1) is 0 Å². The monoisotopic (exact) mass is 359 g/mol. The molecule has 0 aliphatic carbocycles. The van der Waals surface area contributed by atoms with Crippen LogP contribution in [0.3, 0.4) is 0 Å². The second-order valence-electron chi connectivity index (χ2n) is 8.18. The molecule has 0 saturated carbocycles. The lowest BCUT2D eigenvalue weighted by atomic mass is 10.2. The normalized spacial score (nSPS) is 20.8. The Kier molecular flexibility index (Phi) is 5.23. The van der Waals surface area contributed by atoms with Crippen molar-refractivity contribution in [3.63, 3.8) is 0 Å². The quantitative estimate of drug-likeness (QED) is 0.814. The van der Waals surface area contributed by atoms with Crippen LogP contribution in [0.15, 0.2) is 24.3 Å². The van der Waals surface area contributed by atoms with Gasteiger partial charge in [0.1, 0.15) is 5.60 Å². The van der Waals surface area contributed by atoms with Crippen LogP contribution in [-0.4, -0.2) is 66.2 Å². The van der Waals surface area contributed by atoms with Gasteiger partial charge in [-0.1, -0.05) is 18.2 Å². The SMILES string of the molecule is C[C@@H]1CN(CC(=O)N2CCc3ccccc32)CCN1C(=O)OC(C)(C)C. The minimum Gasteiger partial charge on any atom is -0.444 e. The predicted octanol–water partition coefficient (Wildman–Crippen LogP) is 2.52. The van der Waals surface area contributed by atoms with Crippen LogP contribution in [-0.2, 0) is 16.0 Å². The van der Waals surface area contributed by atoms with Crippen molar-refractivity contribution in [3.8, 4) is 0 Å². The van der Waals surface area contributed by atoms with E-state index >= 15 is 0 Å². The number of amides is 2. The van der Waals surface area contributed by atoms with Crippen molar-refractivity contribution in [1.29, 1.82) is 0 Å². The van der Waals surface area contributed by atoms with Crippen LogP contribution in [0.2, 0.25) is 0 Å². The van der Waals surface area contributed by atoms with Gasteiger partial charge in [0.15, 0.2) is 0 Å². The van der Waals surface area contributed by atoms with Gasteiger partial charge in [0.05, 0.1) is 6.54 Å². The van der Waals surface area contributed by atoms with Crippen molar-refractivity contribution in [2.24, 2.45) is 0 Å². The second-order valence-corrected chi connectivity index (χ2v) is 8.18. The number of carbonyl (C=O) groups is 2. The maximum Gasteiger partial charge on any atom is 0.410 e. The fourth-order valence-corrected chi connectivity index (χ4v) is 3.64. The highest BCUT2D eigenvalue weighted by molar-refractivity contribution is 5.96. The third-order valence-electron chi connectivity index (χ3n) is 4.89. The molecule has 2 heterocycles. The second kappa shape index (κ2) is 7.27. The maximum atomic E-state index is 12.8. The molecule has 1 saturated heterocycles. The van der Waals surface area contributed by atoms with Gasteiger partial charge < -0.3 is 14.5 Å². The van der Waals surface area contributed by atoms with Crippen molar-refractivity contribution in [3.05, 3.63) is 29.8 Å². The van der Waals surface area contributed by atoms with Crippen molar-refractivity contribution in [2.45, 2.75) is 45.8 Å². The van der Waals surface area contributed by atoms with Crippen molar-refractivity contribution >= 4 is 17.7 Å². The van der Waals surface area contributed by atoms with Gasteiger partial charge in [-0.3, -0.25) is 9.69 Å². The van der Waals surface area contributed by atoms with E-state index < -0.39 is 5.60 Å². The van der Waals surface area contributed by atoms with E-state index in [0.29, 0.717) is 26.2 Å². The van der Waals surface area contributed by atoms with Gasteiger partial charge in [-0.25, -0.2) is 4.79 Å². The minimum atomic E-state index is -0.493. The number of nitrogens with zero attached hydrogens (tertiary/aromatic N) is 3. The molecule has 0 spiro atoms. The molecule has 0 bridgehead atoms.